The van der Waals surface area contributed by atoms with Crippen LogP contribution in [0.4, 0.5) is 0 Å². The van der Waals surface area contributed by atoms with Crippen LogP contribution < -0.4 is 4.74 Å². The lowest BCUT2D eigenvalue weighted by Gasteiger charge is -2.22. The van der Waals surface area contributed by atoms with Crippen LogP contribution in [0.2, 0.25) is 0 Å². The molecule has 0 fully saturated rings. The zero-order valence-corrected chi connectivity index (χ0v) is 12.7. The number of esters is 1. The fraction of sp³-hybridized carbons (Fsp3) is 0.562. The van der Waals surface area contributed by atoms with Crippen LogP contribution in [0.25, 0.3) is 0 Å². The molecule has 19 heavy (non-hydrogen) atoms. The fourth-order valence-electron chi connectivity index (χ4n) is 1.66. The predicted molar refractivity (Wildman–Crippen MR) is 76.5 cm³/mol. The quantitative estimate of drug-likeness (QED) is 0.773. The van der Waals surface area contributed by atoms with Gasteiger partial charge in [0.2, 0.25) is 0 Å². The van der Waals surface area contributed by atoms with E-state index in [2.05, 4.69) is 0 Å². The lowest BCUT2D eigenvalue weighted by molar-refractivity contribution is -0.156. The van der Waals surface area contributed by atoms with Crippen molar-refractivity contribution in [2.45, 2.75) is 59.2 Å². The largest absolute Gasteiger partial charge is 0.491 e. The topological polar surface area (TPSA) is 35.5 Å². The maximum absolute atomic E-state index is 12.0. The number of benzene rings is 1. The molecule has 1 aromatic carbocycles. The van der Waals surface area contributed by atoms with Gasteiger partial charge in [0.1, 0.15) is 11.4 Å². The second-order valence-electron chi connectivity index (χ2n) is 5.99. The maximum Gasteiger partial charge on any atom is 0.313 e. The van der Waals surface area contributed by atoms with Gasteiger partial charge in [0.05, 0.1) is 12.0 Å². The normalized spacial score (nSPS) is 13.2. The summed E-state index contributed by atoms with van der Waals surface area (Å²) in [5.41, 5.74) is 0.449. The molecule has 3 heteroatoms. The Balaban J connectivity index is 2.82. The first-order chi connectivity index (χ1) is 8.69. The molecule has 0 radical (unpaired) electrons. The van der Waals surface area contributed by atoms with Crippen molar-refractivity contribution in [1.29, 1.82) is 0 Å². The van der Waals surface area contributed by atoms with Crippen LogP contribution in [0.15, 0.2) is 24.3 Å². The molecule has 0 aliphatic heterocycles. The molecular weight excluding hydrogens is 240 g/mol. The molecule has 1 rings (SSSR count). The van der Waals surface area contributed by atoms with E-state index < -0.39 is 5.60 Å². The summed E-state index contributed by atoms with van der Waals surface area (Å²) in [4.78, 5) is 12.0. The van der Waals surface area contributed by atoms with Crippen molar-refractivity contribution in [3.05, 3.63) is 29.8 Å². The van der Waals surface area contributed by atoms with Crippen LogP contribution in [0.1, 0.15) is 53.0 Å². The third kappa shape index (κ3) is 5.33. The number of carbonyl (C=O) groups is 1. The van der Waals surface area contributed by atoms with E-state index in [1.165, 1.54) is 0 Å². The summed E-state index contributed by atoms with van der Waals surface area (Å²) in [5, 5.41) is 0. The van der Waals surface area contributed by atoms with E-state index in [1.807, 2.05) is 65.8 Å². The predicted octanol–water partition coefficient (Wildman–Crippen LogP) is 3.92. The first-order valence-corrected chi connectivity index (χ1v) is 6.68. The van der Waals surface area contributed by atoms with Crippen LogP contribution in [-0.2, 0) is 9.53 Å². The molecule has 1 atom stereocenters. The zero-order chi connectivity index (χ0) is 14.6. The Bertz CT molecular complexity index is 430. The highest BCUT2D eigenvalue weighted by Crippen LogP contribution is 2.24. The van der Waals surface area contributed by atoms with Crippen LogP contribution in [0.3, 0.4) is 0 Å². The van der Waals surface area contributed by atoms with E-state index in [-0.39, 0.29) is 18.0 Å². The Morgan fingerprint density at radius 3 is 2.32 bits per heavy atom. The lowest BCUT2D eigenvalue weighted by Crippen LogP contribution is -2.26. The minimum absolute atomic E-state index is 0.118. The van der Waals surface area contributed by atoms with Gasteiger partial charge in [0.15, 0.2) is 0 Å². The molecule has 0 aliphatic rings. The first kappa shape index (κ1) is 15.5. The van der Waals surface area contributed by atoms with Crippen molar-refractivity contribution in [2.75, 3.05) is 0 Å². The van der Waals surface area contributed by atoms with Crippen molar-refractivity contribution in [2.24, 2.45) is 0 Å². The Hall–Kier alpha value is -1.51. The summed E-state index contributed by atoms with van der Waals surface area (Å²) in [6.45, 7) is 11.4. The number of hydrogen-bond donors (Lipinski definition) is 0. The van der Waals surface area contributed by atoms with Gasteiger partial charge < -0.3 is 9.47 Å². The number of rotatable bonds is 4. The molecular formula is C16H24O3. The van der Waals surface area contributed by atoms with Crippen molar-refractivity contribution in [3.8, 4) is 5.75 Å². The van der Waals surface area contributed by atoms with Gasteiger partial charge in [0, 0.05) is 0 Å². The third-order valence-electron chi connectivity index (χ3n) is 2.49. The van der Waals surface area contributed by atoms with Crippen molar-refractivity contribution in [1.82, 2.24) is 0 Å². The average Bonchev–Trinajstić information content (AvgIpc) is 2.25. The standard InChI is InChI=1S/C16H24O3/c1-11(2)18-14-9-7-8-13(10-14)12(3)15(17)19-16(4,5)6/h7-12H,1-6H3. The molecule has 0 saturated carbocycles. The number of hydrogen-bond acceptors (Lipinski definition) is 3. The Labute approximate surface area is 115 Å². The molecule has 0 aliphatic carbocycles. The van der Waals surface area contributed by atoms with E-state index in [0.717, 1.165) is 11.3 Å². The highest BCUT2D eigenvalue weighted by molar-refractivity contribution is 5.78. The fourth-order valence-corrected chi connectivity index (χ4v) is 1.66. The summed E-state index contributed by atoms with van der Waals surface area (Å²) >= 11 is 0. The van der Waals surface area contributed by atoms with Crippen LogP contribution in [0.5, 0.6) is 5.75 Å². The first-order valence-electron chi connectivity index (χ1n) is 6.68. The van der Waals surface area contributed by atoms with E-state index in [1.54, 1.807) is 0 Å². The number of ether oxygens (including phenoxy) is 2. The molecule has 0 spiro atoms. The molecule has 3 nitrogen and oxygen atoms in total. The van der Waals surface area contributed by atoms with Crippen LogP contribution in [-0.4, -0.2) is 17.7 Å². The number of carbonyl (C=O) groups excluding carboxylic acids is 1. The SMILES string of the molecule is CC(C)Oc1cccc(C(C)C(=O)OC(C)(C)C)c1. The van der Waals surface area contributed by atoms with Crippen molar-refractivity contribution < 1.29 is 14.3 Å². The molecule has 0 bridgehead atoms. The van der Waals surface area contributed by atoms with Gasteiger partial charge in [-0.15, -0.1) is 0 Å². The second kappa shape index (κ2) is 6.09. The van der Waals surface area contributed by atoms with Gasteiger partial charge in [-0.1, -0.05) is 12.1 Å². The minimum Gasteiger partial charge on any atom is -0.491 e. The highest BCUT2D eigenvalue weighted by Gasteiger charge is 2.23. The third-order valence-corrected chi connectivity index (χ3v) is 2.49. The Kier molecular flexibility index (Phi) is 4.98. The van der Waals surface area contributed by atoms with Crippen molar-refractivity contribution in [3.63, 3.8) is 0 Å². The van der Waals surface area contributed by atoms with Gasteiger partial charge in [-0.25, -0.2) is 0 Å². The zero-order valence-electron chi connectivity index (χ0n) is 12.7. The molecule has 0 N–H and O–H groups in total. The molecule has 0 amide bonds. The maximum atomic E-state index is 12.0. The smallest absolute Gasteiger partial charge is 0.313 e. The molecule has 1 aromatic rings. The molecule has 1 unspecified atom stereocenters. The highest BCUT2D eigenvalue weighted by atomic mass is 16.6. The van der Waals surface area contributed by atoms with Gasteiger partial charge in [-0.05, 0) is 59.2 Å². The van der Waals surface area contributed by atoms with Gasteiger partial charge in [-0.2, -0.15) is 0 Å². The lowest BCUT2D eigenvalue weighted by atomic mass is 10.0. The molecule has 0 aromatic heterocycles. The minimum atomic E-state index is -0.461. The van der Waals surface area contributed by atoms with E-state index in [0.29, 0.717) is 0 Å². The van der Waals surface area contributed by atoms with Crippen molar-refractivity contribution >= 4 is 5.97 Å². The van der Waals surface area contributed by atoms with Gasteiger partial charge in [0.25, 0.3) is 0 Å². The van der Waals surface area contributed by atoms with Gasteiger partial charge >= 0.3 is 5.97 Å². The molecule has 106 valence electrons. The molecule has 0 saturated heterocycles. The Morgan fingerprint density at radius 1 is 1.16 bits per heavy atom. The second-order valence-corrected chi connectivity index (χ2v) is 5.99. The Morgan fingerprint density at radius 2 is 1.79 bits per heavy atom. The summed E-state index contributed by atoms with van der Waals surface area (Å²) in [6.07, 6.45) is 0.118. The summed E-state index contributed by atoms with van der Waals surface area (Å²) in [7, 11) is 0. The monoisotopic (exact) mass is 264 g/mol. The molecule has 0 heterocycles. The summed E-state index contributed by atoms with van der Waals surface area (Å²) in [5.74, 6) is 0.270. The van der Waals surface area contributed by atoms with E-state index >= 15 is 0 Å². The van der Waals surface area contributed by atoms with E-state index in [4.69, 9.17) is 9.47 Å². The van der Waals surface area contributed by atoms with E-state index in [9.17, 15) is 4.79 Å². The van der Waals surface area contributed by atoms with Crippen LogP contribution >= 0.6 is 0 Å². The summed E-state index contributed by atoms with van der Waals surface area (Å²) < 4.78 is 11.0. The van der Waals surface area contributed by atoms with Crippen LogP contribution in [0, 0.1) is 0 Å². The average molecular weight is 264 g/mol. The van der Waals surface area contributed by atoms with Gasteiger partial charge in [-0.3, -0.25) is 4.79 Å². The summed E-state index contributed by atoms with van der Waals surface area (Å²) in [6, 6.07) is 7.61.